The van der Waals surface area contributed by atoms with Gasteiger partial charge in [0, 0.05) is 0 Å². The molecular weight excluding hydrogens is 200 g/mol. The summed E-state index contributed by atoms with van der Waals surface area (Å²) in [6.45, 7) is 5.27. The van der Waals surface area contributed by atoms with Crippen molar-refractivity contribution >= 4 is 5.69 Å². The van der Waals surface area contributed by atoms with Crippen LogP contribution in [0, 0.1) is 6.92 Å². The molecule has 0 bridgehead atoms. The highest BCUT2D eigenvalue weighted by molar-refractivity contribution is 5.63. The number of rotatable bonds is 3. The van der Waals surface area contributed by atoms with E-state index in [4.69, 9.17) is 4.74 Å². The standard InChI is InChI=1S/C13H20N2O/c1-9-5-4-6-12-13(9)15-10(2)11(16-12)7-8-14-3/h4-6,10-11,14-15H,7-8H2,1-3H3. The van der Waals surface area contributed by atoms with E-state index in [1.165, 1.54) is 5.56 Å². The monoisotopic (exact) mass is 220 g/mol. The quantitative estimate of drug-likeness (QED) is 0.819. The molecule has 1 aliphatic heterocycles. The van der Waals surface area contributed by atoms with Crippen LogP contribution in [0.5, 0.6) is 5.75 Å². The average Bonchev–Trinajstić information content (AvgIpc) is 2.28. The molecule has 0 saturated heterocycles. The molecule has 0 spiro atoms. The molecule has 0 radical (unpaired) electrons. The second-order valence-electron chi connectivity index (χ2n) is 4.43. The average molecular weight is 220 g/mol. The highest BCUT2D eigenvalue weighted by atomic mass is 16.5. The van der Waals surface area contributed by atoms with Gasteiger partial charge in [-0.05, 0) is 45.5 Å². The summed E-state index contributed by atoms with van der Waals surface area (Å²) >= 11 is 0. The fraction of sp³-hybridized carbons (Fsp3) is 0.538. The van der Waals surface area contributed by atoms with Crippen LogP contribution < -0.4 is 15.4 Å². The topological polar surface area (TPSA) is 33.3 Å². The van der Waals surface area contributed by atoms with Crippen molar-refractivity contribution in [3.8, 4) is 5.75 Å². The van der Waals surface area contributed by atoms with Crippen LogP contribution in [0.25, 0.3) is 0 Å². The number of para-hydroxylation sites is 1. The van der Waals surface area contributed by atoms with Crippen LogP contribution in [0.15, 0.2) is 18.2 Å². The second-order valence-corrected chi connectivity index (χ2v) is 4.43. The van der Waals surface area contributed by atoms with Gasteiger partial charge in [-0.25, -0.2) is 0 Å². The minimum Gasteiger partial charge on any atom is -0.486 e. The maximum absolute atomic E-state index is 6.02. The first-order valence-corrected chi connectivity index (χ1v) is 5.90. The number of nitrogens with one attached hydrogen (secondary N) is 2. The molecule has 88 valence electrons. The Morgan fingerprint density at radius 3 is 3.00 bits per heavy atom. The van der Waals surface area contributed by atoms with E-state index < -0.39 is 0 Å². The fourth-order valence-electron chi connectivity index (χ4n) is 2.11. The Kier molecular flexibility index (Phi) is 3.34. The largest absolute Gasteiger partial charge is 0.486 e. The van der Waals surface area contributed by atoms with E-state index in [0.29, 0.717) is 6.04 Å². The minimum absolute atomic E-state index is 0.252. The van der Waals surface area contributed by atoms with E-state index in [9.17, 15) is 0 Å². The van der Waals surface area contributed by atoms with Crippen molar-refractivity contribution in [2.24, 2.45) is 0 Å². The Morgan fingerprint density at radius 1 is 1.44 bits per heavy atom. The molecule has 1 aliphatic rings. The smallest absolute Gasteiger partial charge is 0.143 e. The maximum atomic E-state index is 6.02. The Labute approximate surface area is 97.2 Å². The number of ether oxygens (including phenoxy) is 1. The number of hydrogen-bond donors (Lipinski definition) is 2. The third-order valence-electron chi connectivity index (χ3n) is 3.12. The predicted molar refractivity (Wildman–Crippen MR) is 67.2 cm³/mol. The minimum atomic E-state index is 0.252. The lowest BCUT2D eigenvalue weighted by Crippen LogP contribution is -2.41. The van der Waals surface area contributed by atoms with Gasteiger partial charge in [0.25, 0.3) is 0 Å². The van der Waals surface area contributed by atoms with Crippen molar-refractivity contribution < 1.29 is 4.74 Å². The van der Waals surface area contributed by atoms with Crippen molar-refractivity contribution in [2.45, 2.75) is 32.4 Å². The predicted octanol–water partition coefficient (Wildman–Crippen LogP) is 2.17. The molecule has 2 N–H and O–H groups in total. The summed E-state index contributed by atoms with van der Waals surface area (Å²) < 4.78 is 6.02. The van der Waals surface area contributed by atoms with E-state index in [1.807, 2.05) is 19.2 Å². The van der Waals surface area contributed by atoms with Gasteiger partial charge in [-0.1, -0.05) is 12.1 Å². The van der Waals surface area contributed by atoms with Crippen LogP contribution in [0.1, 0.15) is 18.9 Å². The molecule has 2 rings (SSSR count). The molecule has 1 aromatic carbocycles. The molecule has 1 aromatic rings. The first-order valence-electron chi connectivity index (χ1n) is 5.90. The molecule has 2 unspecified atom stereocenters. The molecule has 16 heavy (non-hydrogen) atoms. The molecule has 2 atom stereocenters. The summed E-state index contributed by atoms with van der Waals surface area (Å²) in [7, 11) is 1.97. The number of benzene rings is 1. The van der Waals surface area contributed by atoms with Crippen molar-refractivity contribution in [2.75, 3.05) is 18.9 Å². The van der Waals surface area contributed by atoms with Gasteiger partial charge < -0.3 is 15.4 Å². The van der Waals surface area contributed by atoms with E-state index in [0.717, 1.165) is 24.4 Å². The molecule has 0 amide bonds. The highest BCUT2D eigenvalue weighted by Crippen LogP contribution is 2.34. The summed E-state index contributed by atoms with van der Waals surface area (Å²) in [6.07, 6.45) is 1.28. The van der Waals surface area contributed by atoms with E-state index in [-0.39, 0.29) is 6.10 Å². The normalized spacial score (nSPS) is 23.2. The molecule has 3 nitrogen and oxygen atoms in total. The van der Waals surface area contributed by atoms with Crippen molar-refractivity contribution in [1.82, 2.24) is 5.32 Å². The van der Waals surface area contributed by atoms with Gasteiger partial charge in [0.2, 0.25) is 0 Å². The summed E-state index contributed by atoms with van der Waals surface area (Å²) in [6, 6.07) is 6.55. The third-order valence-corrected chi connectivity index (χ3v) is 3.12. The van der Waals surface area contributed by atoms with Crippen molar-refractivity contribution in [1.29, 1.82) is 0 Å². The van der Waals surface area contributed by atoms with Crippen LogP contribution in [-0.4, -0.2) is 25.7 Å². The van der Waals surface area contributed by atoms with E-state index in [1.54, 1.807) is 0 Å². The summed E-state index contributed by atoms with van der Waals surface area (Å²) in [5, 5.41) is 6.70. The molecule has 0 aromatic heterocycles. The number of anilines is 1. The van der Waals surface area contributed by atoms with Crippen LogP contribution >= 0.6 is 0 Å². The van der Waals surface area contributed by atoms with Gasteiger partial charge in [-0.3, -0.25) is 0 Å². The Bertz CT molecular complexity index is 365. The summed E-state index contributed by atoms with van der Waals surface area (Å²) in [5.74, 6) is 0.985. The molecule has 3 heteroatoms. The zero-order valence-corrected chi connectivity index (χ0v) is 10.2. The van der Waals surface area contributed by atoms with Crippen LogP contribution in [0.3, 0.4) is 0 Å². The summed E-state index contributed by atoms with van der Waals surface area (Å²) in [4.78, 5) is 0. The van der Waals surface area contributed by atoms with Gasteiger partial charge in [-0.15, -0.1) is 0 Å². The first-order chi connectivity index (χ1) is 7.72. The molecular formula is C13H20N2O. The highest BCUT2D eigenvalue weighted by Gasteiger charge is 2.26. The fourth-order valence-corrected chi connectivity index (χ4v) is 2.11. The Morgan fingerprint density at radius 2 is 2.25 bits per heavy atom. The van der Waals surface area contributed by atoms with Crippen molar-refractivity contribution in [3.63, 3.8) is 0 Å². The lowest BCUT2D eigenvalue weighted by Gasteiger charge is -2.34. The maximum Gasteiger partial charge on any atom is 0.143 e. The molecule has 0 saturated carbocycles. The third kappa shape index (κ3) is 2.14. The van der Waals surface area contributed by atoms with E-state index >= 15 is 0 Å². The van der Waals surface area contributed by atoms with Crippen LogP contribution in [-0.2, 0) is 0 Å². The van der Waals surface area contributed by atoms with Gasteiger partial charge >= 0.3 is 0 Å². The summed E-state index contributed by atoms with van der Waals surface area (Å²) in [5.41, 5.74) is 2.40. The van der Waals surface area contributed by atoms with Gasteiger partial charge in [0.15, 0.2) is 0 Å². The van der Waals surface area contributed by atoms with Crippen molar-refractivity contribution in [3.05, 3.63) is 23.8 Å². The zero-order chi connectivity index (χ0) is 11.5. The van der Waals surface area contributed by atoms with Gasteiger partial charge in [-0.2, -0.15) is 0 Å². The Hall–Kier alpha value is -1.22. The number of aryl methyl sites for hydroxylation is 1. The second kappa shape index (κ2) is 4.74. The van der Waals surface area contributed by atoms with Crippen LogP contribution in [0.4, 0.5) is 5.69 Å². The van der Waals surface area contributed by atoms with Crippen LogP contribution in [0.2, 0.25) is 0 Å². The van der Waals surface area contributed by atoms with E-state index in [2.05, 4.69) is 30.5 Å². The van der Waals surface area contributed by atoms with Gasteiger partial charge in [0.1, 0.15) is 11.9 Å². The number of hydrogen-bond acceptors (Lipinski definition) is 3. The Balaban J connectivity index is 2.15. The molecule has 0 fully saturated rings. The lowest BCUT2D eigenvalue weighted by atomic mass is 10.0. The SMILES string of the molecule is CNCCC1Oc2cccc(C)c2NC1C. The number of fused-ring (bicyclic) bond motifs is 1. The zero-order valence-electron chi connectivity index (χ0n) is 10.2. The van der Waals surface area contributed by atoms with Gasteiger partial charge in [0.05, 0.1) is 11.7 Å². The molecule has 1 heterocycles. The molecule has 0 aliphatic carbocycles. The first kappa shape index (κ1) is 11.3. The lowest BCUT2D eigenvalue weighted by molar-refractivity contribution is 0.165.